The van der Waals surface area contributed by atoms with E-state index in [4.69, 9.17) is 9.47 Å². The van der Waals surface area contributed by atoms with Gasteiger partial charge in [0, 0.05) is 34.7 Å². The molecule has 4 nitrogen and oxygen atoms in total. The Bertz CT molecular complexity index is 1500. The standard InChI is InChI=1S/C30H18N2O2.Pt/c1-3-13-27-21(7-1)15-17-31-29(27)33-25-11-5-9-23(19-25)24-10-6-12-26(20-24)34-30-28-14-4-2-8-22(28)16-18-32-30;/h1-18H;/q-2;+2. The van der Waals surface area contributed by atoms with E-state index in [1.165, 1.54) is 0 Å². The molecular weight excluding hydrogens is 615 g/mol. The second-order valence-electron chi connectivity index (χ2n) is 7.74. The van der Waals surface area contributed by atoms with Crippen molar-refractivity contribution < 1.29 is 30.5 Å². The maximum Gasteiger partial charge on any atom is 2.00 e. The summed E-state index contributed by atoms with van der Waals surface area (Å²) in [7, 11) is 0. The van der Waals surface area contributed by atoms with Crippen molar-refractivity contribution in [3.8, 4) is 34.4 Å². The first kappa shape index (κ1) is 22.8. The molecule has 0 saturated carbocycles. The van der Waals surface area contributed by atoms with Gasteiger partial charge in [-0.2, -0.15) is 24.3 Å². The summed E-state index contributed by atoms with van der Waals surface area (Å²) in [5.74, 6) is 2.26. The molecule has 0 aliphatic heterocycles. The number of aromatic nitrogens is 2. The number of hydrogen-bond acceptors (Lipinski definition) is 4. The van der Waals surface area contributed by atoms with Gasteiger partial charge in [-0.1, -0.05) is 36.4 Å². The van der Waals surface area contributed by atoms with Gasteiger partial charge in [-0.05, 0) is 35.0 Å². The van der Waals surface area contributed by atoms with Crippen molar-refractivity contribution in [3.05, 3.63) is 122 Å². The number of nitrogens with zero attached hydrogens (tertiary/aromatic N) is 2. The predicted molar refractivity (Wildman–Crippen MR) is 133 cm³/mol. The van der Waals surface area contributed by atoms with Gasteiger partial charge in [-0.3, -0.25) is 0 Å². The Morgan fingerprint density at radius 2 is 0.943 bits per heavy atom. The van der Waals surface area contributed by atoms with Crippen LogP contribution in [0.2, 0.25) is 0 Å². The zero-order valence-electron chi connectivity index (χ0n) is 18.4. The van der Waals surface area contributed by atoms with Gasteiger partial charge in [0.2, 0.25) is 11.8 Å². The molecule has 0 spiro atoms. The smallest absolute Gasteiger partial charge is 0.459 e. The molecule has 0 atom stereocenters. The average Bonchev–Trinajstić information content (AvgIpc) is 2.90. The van der Waals surface area contributed by atoms with Crippen LogP contribution >= 0.6 is 0 Å². The Kier molecular flexibility index (Phi) is 6.56. The largest absolute Gasteiger partial charge is 2.00 e. The van der Waals surface area contributed by atoms with Crippen LogP contribution < -0.4 is 9.47 Å². The Hall–Kier alpha value is -4.01. The zero-order chi connectivity index (χ0) is 22.7. The number of ether oxygens (including phenoxy) is 2. The molecular formula is C30H18N2O2Pt. The van der Waals surface area contributed by atoms with Crippen molar-refractivity contribution in [1.82, 2.24) is 9.97 Å². The van der Waals surface area contributed by atoms with Gasteiger partial charge >= 0.3 is 21.1 Å². The van der Waals surface area contributed by atoms with Crippen LogP contribution in [0.4, 0.5) is 0 Å². The summed E-state index contributed by atoms with van der Waals surface area (Å²) in [5, 5.41) is 4.05. The fraction of sp³-hybridized carbons (Fsp3) is 0. The molecule has 0 bridgehead atoms. The fourth-order valence-corrected chi connectivity index (χ4v) is 3.88. The molecule has 0 fully saturated rings. The summed E-state index contributed by atoms with van der Waals surface area (Å²) in [4.78, 5) is 8.83. The maximum absolute atomic E-state index is 6.11. The van der Waals surface area contributed by atoms with Crippen molar-refractivity contribution in [2.45, 2.75) is 0 Å². The van der Waals surface area contributed by atoms with Crippen LogP contribution in [0, 0.1) is 12.1 Å². The third kappa shape index (κ3) is 4.80. The molecule has 5 heteroatoms. The van der Waals surface area contributed by atoms with Gasteiger partial charge in [0.15, 0.2) is 0 Å². The van der Waals surface area contributed by atoms with Crippen LogP contribution in [0.1, 0.15) is 0 Å². The van der Waals surface area contributed by atoms with Gasteiger partial charge in [-0.25, -0.2) is 21.1 Å². The summed E-state index contributed by atoms with van der Waals surface area (Å²) < 4.78 is 12.2. The minimum Gasteiger partial charge on any atom is -0.459 e. The molecule has 0 saturated heterocycles. The molecule has 6 aromatic rings. The first-order valence-electron chi connectivity index (χ1n) is 10.9. The Morgan fingerprint density at radius 1 is 0.486 bits per heavy atom. The van der Waals surface area contributed by atoms with Crippen molar-refractivity contribution in [3.63, 3.8) is 0 Å². The predicted octanol–water partition coefficient (Wildman–Crippen LogP) is 7.63. The molecule has 6 rings (SSSR count). The van der Waals surface area contributed by atoms with Gasteiger partial charge in [0.25, 0.3) is 0 Å². The number of benzene rings is 4. The molecule has 0 N–H and O–H groups in total. The summed E-state index contributed by atoms with van der Waals surface area (Å²) in [6.45, 7) is 0. The van der Waals surface area contributed by atoms with Crippen molar-refractivity contribution in [1.29, 1.82) is 0 Å². The summed E-state index contributed by atoms with van der Waals surface area (Å²) in [6, 6.07) is 38.1. The van der Waals surface area contributed by atoms with Crippen molar-refractivity contribution in [2.24, 2.45) is 0 Å². The topological polar surface area (TPSA) is 44.2 Å². The second kappa shape index (κ2) is 10.1. The molecule has 2 heterocycles. The first-order chi connectivity index (χ1) is 16.8. The fourth-order valence-electron chi connectivity index (χ4n) is 3.88. The minimum absolute atomic E-state index is 0. The van der Waals surface area contributed by atoms with Gasteiger partial charge < -0.3 is 9.47 Å². The molecule has 170 valence electrons. The Balaban J connectivity index is 0.00000253. The van der Waals surface area contributed by atoms with E-state index < -0.39 is 0 Å². The molecule has 0 amide bonds. The number of hydrogen-bond donors (Lipinski definition) is 0. The molecule has 4 aromatic carbocycles. The number of fused-ring (bicyclic) bond motifs is 2. The van der Waals surface area contributed by atoms with Crippen LogP contribution in [0.25, 0.3) is 32.7 Å². The second-order valence-corrected chi connectivity index (χ2v) is 7.74. The number of pyridine rings is 2. The summed E-state index contributed by atoms with van der Waals surface area (Å²) in [6.07, 6.45) is 3.49. The minimum atomic E-state index is 0. The van der Waals surface area contributed by atoms with Gasteiger partial charge in [-0.15, -0.1) is 24.3 Å². The summed E-state index contributed by atoms with van der Waals surface area (Å²) in [5.41, 5.74) is 1.68. The van der Waals surface area contributed by atoms with Crippen LogP contribution in [0.5, 0.6) is 23.3 Å². The van der Waals surface area contributed by atoms with E-state index in [9.17, 15) is 0 Å². The molecule has 35 heavy (non-hydrogen) atoms. The quantitative estimate of drug-likeness (QED) is 0.183. The van der Waals surface area contributed by atoms with Gasteiger partial charge in [0.1, 0.15) is 0 Å². The van der Waals surface area contributed by atoms with Crippen LogP contribution in [0.3, 0.4) is 0 Å². The van der Waals surface area contributed by atoms with E-state index >= 15 is 0 Å². The van der Waals surface area contributed by atoms with E-state index in [-0.39, 0.29) is 21.1 Å². The van der Waals surface area contributed by atoms with Crippen molar-refractivity contribution in [2.75, 3.05) is 0 Å². The van der Waals surface area contributed by atoms with E-state index in [1.807, 2.05) is 97.1 Å². The first-order valence-corrected chi connectivity index (χ1v) is 10.9. The normalized spacial score (nSPS) is 10.6. The third-order valence-corrected chi connectivity index (χ3v) is 5.51. The van der Waals surface area contributed by atoms with E-state index in [2.05, 4.69) is 22.1 Å². The molecule has 0 aliphatic carbocycles. The molecule has 0 aliphatic rings. The summed E-state index contributed by atoms with van der Waals surface area (Å²) >= 11 is 0. The van der Waals surface area contributed by atoms with Crippen LogP contribution in [-0.2, 0) is 21.1 Å². The van der Waals surface area contributed by atoms with E-state index in [0.29, 0.717) is 23.3 Å². The van der Waals surface area contributed by atoms with Crippen LogP contribution in [-0.4, -0.2) is 9.97 Å². The third-order valence-electron chi connectivity index (χ3n) is 5.51. The maximum atomic E-state index is 6.11. The van der Waals surface area contributed by atoms with Gasteiger partial charge in [0.05, 0.1) is 0 Å². The average molecular weight is 634 g/mol. The van der Waals surface area contributed by atoms with E-state index in [0.717, 1.165) is 32.7 Å². The number of rotatable bonds is 5. The SMILES string of the molecule is [Pt+2].[c-]1c(Oc2nccc3ccccc23)cccc1-c1[c-]c(Oc2nccc3ccccc23)ccc1. The molecule has 0 radical (unpaired) electrons. The Labute approximate surface area is 217 Å². The van der Waals surface area contributed by atoms with Crippen LogP contribution in [0.15, 0.2) is 109 Å². The molecule has 0 unspecified atom stereocenters. The monoisotopic (exact) mass is 633 g/mol. The van der Waals surface area contributed by atoms with Crippen molar-refractivity contribution >= 4 is 21.5 Å². The Morgan fingerprint density at radius 3 is 1.43 bits per heavy atom. The zero-order valence-corrected chi connectivity index (χ0v) is 20.7. The van der Waals surface area contributed by atoms with E-state index in [1.54, 1.807) is 12.4 Å². The molecule has 2 aromatic heterocycles.